The lowest BCUT2D eigenvalue weighted by Crippen LogP contribution is -2.17. The Hall–Kier alpha value is -1.74. The zero-order valence-corrected chi connectivity index (χ0v) is 10.2. The van der Waals surface area contributed by atoms with Crippen molar-refractivity contribution in [2.45, 2.75) is 26.3 Å². The third-order valence-electron chi connectivity index (χ3n) is 2.63. The van der Waals surface area contributed by atoms with Gasteiger partial charge in [-0.05, 0) is 31.9 Å². The van der Waals surface area contributed by atoms with E-state index in [0.717, 1.165) is 23.6 Å². The lowest BCUT2D eigenvalue weighted by Gasteiger charge is -2.11. The Balaban J connectivity index is 2.17. The highest BCUT2D eigenvalue weighted by atomic mass is 14.9. The number of aryl methyl sites for hydroxylation is 2. The van der Waals surface area contributed by atoms with Crippen molar-refractivity contribution in [2.75, 3.05) is 0 Å². The molecule has 2 N–H and O–H groups in total. The van der Waals surface area contributed by atoms with Crippen molar-refractivity contribution in [1.29, 1.82) is 0 Å². The van der Waals surface area contributed by atoms with Crippen LogP contribution in [0.3, 0.4) is 0 Å². The fourth-order valence-corrected chi connectivity index (χ4v) is 1.88. The SMILES string of the molecule is Cc1cc(C)nc(C(N)Cc2ccccc2)n1. The van der Waals surface area contributed by atoms with Gasteiger partial charge in [0.1, 0.15) is 5.82 Å². The second-order valence-electron chi connectivity index (χ2n) is 4.31. The molecule has 17 heavy (non-hydrogen) atoms. The van der Waals surface area contributed by atoms with Crippen molar-refractivity contribution in [2.24, 2.45) is 5.73 Å². The van der Waals surface area contributed by atoms with Gasteiger partial charge in [0.2, 0.25) is 0 Å². The number of aromatic nitrogens is 2. The van der Waals surface area contributed by atoms with E-state index in [1.54, 1.807) is 0 Å². The lowest BCUT2D eigenvalue weighted by atomic mass is 10.1. The standard InChI is InChI=1S/C14H17N3/c1-10-8-11(2)17-14(16-10)13(15)9-12-6-4-3-5-7-12/h3-8,13H,9,15H2,1-2H3. The molecule has 0 radical (unpaired) electrons. The summed E-state index contributed by atoms with van der Waals surface area (Å²) in [5, 5.41) is 0. The predicted molar refractivity (Wildman–Crippen MR) is 68.6 cm³/mol. The van der Waals surface area contributed by atoms with E-state index in [1.165, 1.54) is 5.56 Å². The average molecular weight is 227 g/mol. The average Bonchev–Trinajstić information content (AvgIpc) is 2.29. The first-order valence-electron chi connectivity index (χ1n) is 5.77. The molecular formula is C14H17N3. The molecule has 3 heteroatoms. The monoisotopic (exact) mass is 227 g/mol. The Labute approximate surface area is 102 Å². The van der Waals surface area contributed by atoms with E-state index < -0.39 is 0 Å². The van der Waals surface area contributed by atoms with Crippen molar-refractivity contribution in [3.8, 4) is 0 Å². The first-order valence-corrected chi connectivity index (χ1v) is 5.77. The Bertz CT molecular complexity index is 474. The molecule has 2 aromatic rings. The summed E-state index contributed by atoms with van der Waals surface area (Å²) >= 11 is 0. The molecule has 0 saturated heterocycles. The van der Waals surface area contributed by atoms with E-state index in [2.05, 4.69) is 22.1 Å². The van der Waals surface area contributed by atoms with Gasteiger partial charge in [-0.15, -0.1) is 0 Å². The molecule has 88 valence electrons. The maximum absolute atomic E-state index is 6.14. The number of hydrogen-bond donors (Lipinski definition) is 1. The Morgan fingerprint density at radius 1 is 1.06 bits per heavy atom. The predicted octanol–water partition coefficient (Wildman–Crippen LogP) is 2.34. The highest BCUT2D eigenvalue weighted by Gasteiger charge is 2.10. The molecule has 0 aliphatic heterocycles. The molecule has 1 atom stereocenters. The van der Waals surface area contributed by atoms with Crippen LogP contribution in [0.2, 0.25) is 0 Å². The molecule has 1 heterocycles. The van der Waals surface area contributed by atoms with Crippen molar-refractivity contribution in [3.63, 3.8) is 0 Å². The molecule has 0 aliphatic carbocycles. The van der Waals surface area contributed by atoms with Crippen molar-refractivity contribution < 1.29 is 0 Å². The first kappa shape index (κ1) is 11.7. The van der Waals surface area contributed by atoms with Gasteiger partial charge in [0.25, 0.3) is 0 Å². The summed E-state index contributed by atoms with van der Waals surface area (Å²) in [6.45, 7) is 3.93. The van der Waals surface area contributed by atoms with E-state index >= 15 is 0 Å². The summed E-state index contributed by atoms with van der Waals surface area (Å²) in [5.74, 6) is 0.728. The number of rotatable bonds is 3. The Morgan fingerprint density at radius 3 is 2.24 bits per heavy atom. The maximum atomic E-state index is 6.14. The van der Waals surface area contributed by atoms with Crippen LogP contribution in [0.5, 0.6) is 0 Å². The Kier molecular flexibility index (Phi) is 3.49. The van der Waals surface area contributed by atoms with E-state index in [4.69, 9.17) is 5.73 Å². The number of benzene rings is 1. The number of hydrogen-bond acceptors (Lipinski definition) is 3. The molecule has 1 unspecified atom stereocenters. The van der Waals surface area contributed by atoms with Crippen LogP contribution < -0.4 is 5.73 Å². The van der Waals surface area contributed by atoms with Gasteiger partial charge in [-0.3, -0.25) is 0 Å². The third-order valence-corrected chi connectivity index (χ3v) is 2.63. The van der Waals surface area contributed by atoms with Crippen LogP contribution in [0.25, 0.3) is 0 Å². The zero-order valence-electron chi connectivity index (χ0n) is 10.2. The molecule has 0 amide bonds. The fraction of sp³-hybridized carbons (Fsp3) is 0.286. The third kappa shape index (κ3) is 3.11. The molecule has 1 aromatic carbocycles. The fourth-order valence-electron chi connectivity index (χ4n) is 1.88. The molecule has 2 rings (SSSR count). The molecular weight excluding hydrogens is 210 g/mol. The van der Waals surface area contributed by atoms with Crippen LogP contribution in [0.1, 0.15) is 28.8 Å². The quantitative estimate of drug-likeness (QED) is 0.875. The van der Waals surface area contributed by atoms with Gasteiger partial charge in [-0.1, -0.05) is 30.3 Å². The molecule has 3 nitrogen and oxygen atoms in total. The van der Waals surface area contributed by atoms with Gasteiger partial charge in [0.05, 0.1) is 6.04 Å². The maximum Gasteiger partial charge on any atom is 0.145 e. The van der Waals surface area contributed by atoms with E-state index in [1.807, 2.05) is 38.1 Å². The van der Waals surface area contributed by atoms with Crippen LogP contribution in [0.4, 0.5) is 0 Å². The van der Waals surface area contributed by atoms with E-state index in [-0.39, 0.29) is 6.04 Å². The van der Waals surface area contributed by atoms with Crippen LogP contribution in [0, 0.1) is 13.8 Å². The topological polar surface area (TPSA) is 51.8 Å². The minimum atomic E-state index is -0.143. The van der Waals surface area contributed by atoms with Crippen LogP contribution >= 0.6 is 0 Å². The molecule has 0 aliphatic rings. The van der Waals surface area contributed by atoms with Crippen LogP contribution in [0.15, 0.2) is 36.4 Å². The van der Waals surface area contributed by atoms with Gasteiger partial charge in [-0.2, -0.15) is 0 Å². The van der Waals surface area contributed by atoms with Crippen LogP contribution in [-0.2, 0) is 6.42 Å². The summed E-state index contributed by atoms with van der Waals surface area (Å²) in [5.41, 5.74) is 9.29. The summed E-state index contributed by atoms with van der Waals surface area (Å²) in [7, 11) is 0. The number of nitrogens with two attached hydrogens (primary N) is 1. The van der Waals surface area contributed by atoms with Crippen molar-refractivity contribution in [3.05, 3.63) is 59.2 Å². The zero-order chi connectivity index (χ0) is 12.3. The molecule has 1 aromatic heterocycles. The largest absolute Gasteiger partial charge is 0.321 e. The van der Waals surface area contributed by atoms with Crippen molar-refractivity contribution in [1.82, 2.24) is 9.97 Å². The van der Waals surface area contributed by atoms with Gasteiger partial charge < -0.3 is 5.73 Å². The molecule has 0 saturated carbocycles. The summed E-state index contributed by atoms with van der Waals surface area (Å²) < 4.78 is 0. The summed E-state index contributed by atoms with van der Waals surface area (Å²) in [4.78, 5) is 8.79. The van der Waals surface area contributed by atoms with Gasteiger partial charge in [0, 0.05) is 11.4 Å². The van der Waals surface area contributed by atoms with E-state index in [9.17, 15) is 0 Å². The first-order chi connectivity index (χ1) is 8.15. The second-order valence-corrected chi connectivity index (χ2v) is 4.31. The Morgan fingerprint density at radius 2 is 1.65 bits per heavy atom. The van der Waals surface area contributed by atoms with Gasteiger partial charge in [0.15, 0.2) is 0 Å². The van der Waals surface area contributed by atoms with Gasteiger partial charge >= 0.3 is 0 Å². The van der Waals surface area contributed by atoms with Crippen molar-refractivity contribution >= 4 is 0 Å². The number of nitrogens with zero attached hydrogens (tertiary/aromatic N) is 2. The minimum absolute atomic E-state index is 0.143. The van der Waals surface area contributed by atoms with E-state index in [0.29, 0.717) is 0 Å². The summed E-state index contributed by atoms with van der Waals surface area (Å²) in [6.07, 6.45) is 0.768. The molecule has 0 spiro atoms. The highest BCUT2D eigenvalue weighted by molar-refractivity contribution is 5.18. The smallest absolute Gasteiger partial charge is 0.145 e. The van der Waals surface area contributed by atoms with Gasteiger partial charge in [-0.25, -0.2) is 9.97 Å². The normalized spacial score (nSPS) is 12.4. The highest BCUT2D eigenvalue weighted by Crippen LogP contribution is 2.13. The second kappa shape index (κ2) is 5.06. The lowest BCUT2D eigenvalue weighted by molar-refractivity contribution is 0.659. The van der Waals surface area contributed by atoms with Crippen LogP contribution in [-0.4, -0.2) is 9.97 Å². The molecule has 0 bridgehead atoms. The molecule has 0 fully saturated rings. The summed E-state index contributed by atoms with van der Waals surface area (Å²) in [6, 6.07) is 12.0. The minimum Gasteiger partial charge on any atom is -0.321 e.